The Morgan fingerprint density at radius 1 is 0.354 bits per heavy atom. The third-order valence-electron chi connectivity index (χ3n) is 15.5. The van der Waals surface area contributed by atoms with E-state index in [2.05, 4.69) is 243 Å². The second kappa shape index (κ2) is 13.8. The van der Waals surface area contributed by atoms with Gasteiger partial charge in [0.05, 0.1) is 16.4 Å². The largest absolute Gasteiger partial charge is 0.310 e. The Balaban J connectivity index is 1.06. The smallest absolute Gasteiger partial charge is 0.0726 e. The first-order chi connectivity index (χ1) is 31.7. The fraction of sp³-hybridized carbons (Fsp3) is 0.143. The molecule has 9 aromatic carbocycles. The van der Waals surface area contributed by atoms with Crippen LogP contribution in [0.15, 0.2) is 206 Å². The maximum atomic E-state index is 2.52. The quantitative estimate of drug-likeness (QED) is 0.168. The van der Waals surface area contributed by atoms with Gasteiger partial charge in [-0.3, -0.25) is 0 Å². The molecule has 1 heterocycles. The van der Waals surface area contributed by atoms with Gasteiger partial charge in [-0.15, -0.1) is 0 Å². The van der Waals surface area contributed by atoms with Crippen molar-refractivity contribution in [1.82, 2.24) is 4.57 Å². The van der Waals surface area contributed by atoms with Crippen molar-refractivity contribution in [1.29, 1.82) is 0 Å². The lowest BCUT2D eigenvalue weighted by Crippen LogP contribution is -2.33. The van der Waals surface area contributed by atoms with Crippen molar-refractivity contribution in [2.75, 3.05) is 4.90 Å². The molecule has 2 nitrogen and oxygen atoms in total. The molecule has 0 fully saturated rings. The van der Waals surface area contributed by atoms with Crippen LogP contribution in [-0.4, -0.2) is 4.57 Å². The van der Waals surface area contributed by atoms with Gasteiger partial charge in [0, 0.05) is 33.5 Å². The van der Waals surface area contributed by atoms with Gasteiger partial charge in [0.15, 0.2) is 0 Å². The maximum Gasteiger partial charge on any atom is 0.0726 e. The second-order valence-electron chi connectivity index (χ2n) is 19.9. The van der Waals surface area contributed by atoms with Crippen molar-refractivity contribution in [3.63, 3.8) is 0 Å². The minimum absolute atomic E-state index is 0.0957. The van der Waals surface area contributed by atoms with Crippen molar-refractivity contribution in [2.45, 2.75) is 56.8 Å². The predicted molar refractivity (Wildman–Crippen MR) is 272 cm³/mol. The third kappa shape index (κ3) is 5.41. The van der Waals surface area contributed by atoms with Crippen LogP contribution in [0.3, 0.4) is 0 Å². The summed E-state index contributed by atoms with van der Waals surface area (Å²) in [5.74, 6) is 0. The molecule has 10 aromatic rings. The maximum absolute atomic E-state index is 2.52. The van der Waals surface area contributed by atoms with E-state index in [1.807, 2.05) is 0 Å². The molecule has 1 aromatic heterocycles. The van der Waals surface area contributed by atoms with Crippen LogP contribution >= 0.6 is 0 Å². The molecule has 0 aliphatic heterocycles. The Morgan fingerprint density at radius 2 is 0.862 bits per heavy atom. The van der Waals surface area contributed by atoms with Gasteiger partial charge in [-0.2, -0.15) is 0 Å². The summed E-state index contributed by atoms with van der Waals surface area (Å²) in [5, 5.41) is 2.52. The number of hydrogen-bond donors (Lipinski definition) is 0. The van der Waals surface area contributed by atoms with E-state index in [4.69, 9.17) is 0 Å². The van der Waals surface area contributed by atoms with Crippen molar-refractivity contribution in [3.8, 4) is 39.1 Å². The lowest BCUT2D eigenvalue weighted by molar-refractivity contribution is 0.332. The Bertz CT molecular complexity index is 3480. The molecule has 0 atom stereocenters. The molecule has 3 aliphatic carbocycles. The fourth-order valence-corrected chi connectivity index (χ4v) is 12.2. The number of nitrogens with zero attached hydrogens (tertiary/aromatic N) is 2. The van der Waals surface area contributed by atoms with Gasteiger partial charge in [-0.05, 0) is 145 Å². The number of fused-ring (bicyclic) bond motifs is 14. The van der Waals surface area contributed by atoms with Crippen molar-refractivity contribution in [2.24, 2.45) is 0 Å². The predicted octanol–water partition coefficient (Wildman–Crippen LogP) is 16.6. The average molecular weight is 835 g/mol. The SMILES string of the molecule is CC1(C)CCC(C)(C)c2cc(-n3c4ccccc4c4ccc(N(c5ccc(-c6ccccc6)cc5)c5ccc6c(c5)C5(c7ccccc7-c7ccccc75)c5ccccc5-6)cc43)ccc21. The van der Waals surface area contributed by atoms with E-state index in [9.17, 15) is 0 Å². The highest BCUT2D eigenvalue weighted by Gasteiger charge is 2.51. The topological polar surface area (TPSA) is 8.17 Å². The molecule has 3 aliphatic rings. The molecule has 0 saturated heterocycles. The van der Waals surface area contributed by atoms with Crippen LogP contribution in [-0.2, 0) is 16.2 Å². The Morgan fingerprint density at radius 3 is 1.54 bits per heavy atom. The zero-order valence-corrected chi connectivity index (χ0v) is 37.4. The molecule has 0 saturated carbocycles. The number of hydrogen-bond acceptors (Lipinski definition) is 1. The van der Waals surface area contributed by atoms with E-state index >= 15 is 0 Å². The van der Waals surface area contributed by atoms with Crippen LogP contribution < -0.4 is 4.90 Å². The van der Waals surface area contributed by atoms with E-state index in [0.29, 0.717) is 0 Å². The molecule has 65 heavy (non-hydrogen) atoms. The molecule has 0 radical (unpaired) electrons. The average Bonchev–Trinajstić information content (AvgIpc) is 3.95. The van der Waals surface area contributed by atoms with Crippen LogP contribution in [0.25, 0.3) is 60.9 Å². The first-order valence-corrected chi connectivity index (χ1v) is 23.3. The van der Waals surface area contributed by atoms with Gasteiger partial charge in [0.25, 0.3) is 0 Å². The minimum Gasteiger partial charge on any atom is -0.310 e. The van der Waals surface area contributed by atoms with Gasteiger partial charge >= 0.3 is 0 Å². The second-order valence-corrected chi connectivity index (χ2v) is 19.9. The van der Waals surface area contributed by atoms with Crippen molar-refractivity contribution < 1.29 is 0 Å². The third-order valence-corrected chi connectivity index (χ3v) is 15.5. The summed E-state index contributed by atoms with van der Waals surface area (Å²) in [7, 11) is 0. The van der Waals surface area contributed by atoms with Crippen LogP contribution in [0.4, 0.5) is 17.1 Å². The summed E-state index contributed by atoms with van der Waals surface area (Å²) in [6, 6.07) is 77.7. The van der Waals surface area contributed by atoms with E-state index in [0.717, 1.165) is 17.1 Å². The molecule has 312 valence electrons. The van der Waals surface area contributed by atoms with Crippen LogP contribution in [0, 0.1) is 0 Å². The zero-order chi connectivity index (χ0) is 43.7. The van der Waals surface area contributed by atoms with E-state index in [-0.39, 0.29) is 10.8 Å². The first kappa shape index (κ1) is 38.1. The van der Waals surface area contributed by atoms with E-state index in [1.165, 1.54) is 107 Å². The van der Waals surface area contributed by atoms with Gasteiger partial charge in [-0.25, -0.2) is 0 Å². The summed E-state index contributed by atoms with van der Waals surface area (Å²) < 4.78 is 2.52. The number of rotatable bonds is 5. The Hall–Kier alpha value is -7.42. The first-order valence-electron chi connectivity index (χ1n) is 23.3. The molecule has 0 amide bonds. The molecule has 0 bridgehead atoms. The standard InChI is InChI=1S/C63H50N2/c1-61(2)36-37-62(3,4)58-39-45(32-35-56(58)61)65-59-25-15-11-21-51(59)52-34-31-46(40-60(52)65)64(43-28-26-42(27-29-43)41-16-6-5-7-17-41)44-30-33-50-49-20-10-14-24-55(49)63(57(50)38-44)53-22-12-8-18-47(53)48-19-9-13-23-54(48)63/h5-35,38-40H,36-37H2,1-4H3. The van der Waals surface area contributed by atoms with E-state index < -0.39 is 5.41 Å². The van der Waals surface area contributed by atoms with Gasteiger partial charge in [-0.1, -0.05) is 179 Å². The summed E-state index contributed by atoms with van der Waals surface area (Å²) in [6.07, 6.45) is 2.37. The fourth-order valence-electron chi connectivity index (χ4n) is 12.2. The highest BCUT2D eigenvalue weighted by molar-refractivity contribution is 6.10. The Kier molecular flexibility index (Phi) is 8.08. The summed E-state index contributed by atoms with van der Waals surface area (Å²) in [4.78, 5) is 2.48. The lowest BCUT2D eigenvalue weighted by Gasteiger charge is -2.42. The number of benzene rings is 9. The van der Waals surface area contributed by atoms with Gasteiger partial charge in [0.1, 0.15) is 0 Å². The number of aromatic nitrogens is 1. The van der Waals surface area contributed by atoms with Crippen LogP contribution in [0.2, 0.25) is 0 Å². The lowest BCUT2D eigenvalue weighted by atomic mass is 9.63. The van der Waals surface area contributed by atoms with E-state index in [1.54, 1.807) is 0 Å². The van der Waals surface area contributed by atoms with Crippen LogP contribution in [0.5, 0.6) is 0 Å². The highest BCUT2D eigenvalue weighted by atomic mass is 15.1. The molecular weight excluding hydrogens is 785 g/mol. The van der Waals surface area contributed by atoms with Gasteiger partial charge in [0.2, 0.25) is 0 Å². The monoisotopic (exact) mass is 834 g/mol. The molecule has 1 spiro atoms. The van der Waals surface area contributed by atoms with Crippen molar-refractivity contribution in [3.05, 3.63) is 240 Å². The Labute approximate surface area is 382 Å². The number of anilines is 3. The summed E-state index contributed by atoms with van der Waals surface area (Å²) >= 11 is 0. The molecule has 2 heteroatoms. The molecular formula is C63H50N2. The summed E-state index contributed by atoms with van der Waals surface area (Å²) in [6.45, 7) is 9.69. The highest BCUT2D eigenvalue weighted by Crippen LogP contribution is 2.63. The van der Waals surface area contributed by atoms with Crippen LogP contribution in [0.1, 0.15) is 73.9 Å². The zero-order valence-electron chi connectivity index (χ0n) is 37.4. The number of para-hydroxylation sites is 1. The molecule has 0 unspecified atom stereocenters. The molecule has 0 N–H and O–H groups in total. The van der Waals surface area contributed by atoms with Gasteiger partial charge < -0.3 is 9.47 Å². The normalized spacial score (nSPS) is 15.6. The minimum atomic E-state index is -0.441. The summed E-state index contributed by atoms with van der Waals surface area (Å²) in [5.41, 5.74) is 22.8. The van der Waals surface area contributed by atoms with Crippen molar-refractivity contribution >= 4 is 38.9 Å². The molecule has 13 rings (SSSR count).